The van der Waals surface area contributed by atoms with E-state index in [0.29, 0.717) is 6.04 Å². The Morgan fingerprint density at radius 1 is 1.30 bits per heavy atom. The number of quaternary nitrogens is 2. The van der Waals surface area contributed by atoms with Crippen molar-refractivity contribution >= 4 is 0 Å². The molecule has 0 fully saturated rings. The molecule has 0 aromatic rings. The summed E-state index contributed by atoms with van der Waals surface area (Å²) in [5.41, 5.74) is 3.97. The molecule has 1 atom stereocenters. The lowest BCUT2D eigenvalue weighted by Gasteiger charge is -2.14. The molecule has 0 aromatic heterocycles. The summed E-state index contributed by atoms with van der Waals surface area (Å²) in [7, 11) is 0. The van der Waals surface area contributed by atoms with Gasteiger partial charge in [-0.1, -0.05) is 0 Å². The highest BCUT2D eigenvalue weighted by molar-refractivity contribution is 4.40. The Kier molecular flexibility index (Phi) is 5.64. The predicted octanol–water partition coefficient (Wildman–Crippen LogP) is -1.07. The fraction of sp³-hybridized carbons (Fsp3) is 1.00. The van der Waals surface area contributed by atoms with Crippen molar-refractivity contribution in [1.82, 2.24) is 0 Å². The first-order valence-electron chi connectivity index (χ1n) is 4.37. The van der Waals surface area contributed by atoms with Crippen molar-refractivity contribution in [2.75, 3.05) is 19.6 Å². The van der Waals surface area contributed by atoms with E-state index in [2.05, 4.69) is 26.5 Å². The molecule has 0 aliphatic carbocycles. The predicted molar refractivity (Wildman–Crippen MR) is 43.9 cm³/mol. The second kappa shape index (κ2) is 5.69. The summed E-state index contributed by atoms with van der Waals surface area (Å²) in [6.45, 7) is 10.5. The van der Waals surface area contributed by atoms with Crippen molar-refractivity contribution in [1.29, 1.82) is 0 Å². The molecule has 0 aromatic carbocycles. The minimum Gasteiger partial charge on any atom is -0.355 e. The van der Waals surface area contributed by atoms with Gasteiger partial charge in [0.2, 0.25) is 0 Å². The van der Waals surface area contributed by atoms with E-state index >= 15 is 0 Å². The van der Waals surface area contributed by atoms with Crippen LogP contribution in [0.4, 0.5) is 0 Å². The zero-order valence-corrected chi connectivity index (χ0v) is 7.61. The summed E-state index contributed by atoms with van der Waals surface area (Å²) < 4.78 is 0. The van der Waals surface area contributed by atoms with Gasteiger partial charge in [-0.3, -0.25) is 0 Å². The molecule has 2 nitrogen and oxygen atoms in total. The number of rotatable bonds is 5. The Morgan fingerprint density at radius 3 is 2.10 bits per heavy atom. The van der Waals surface area contributed by atoms with Crippen molar-refractivity contribution in [2.24, 2.45) is 0 Å². The van der Waals surface area contributed by atoms with Crippen LogP contribution >= 0.6 is 0 Å². The molecule has 2 heteroatoms. The SMILES string of the molecule is CC[NH+](CC)CCC(C)[NH3+]. The highest BCUT2D eigenvalue weighted by atomic mass is 15.1. The van der Waals surface area contributed by atoms with E-state index in [1.807, 2.05) is 0 Å². The van der Waals surface area contributed by atoms with Crippen LogP contribution in [-0.2, 0) is 0 Å². The molecule has 10 heavy (non-hydrogen) atoms. The van der Waals surface area contributed by atoms with Gasteiger partial charge in [-0.2, -0.15) is 0 Å². The largest absolute Gasteiger partial charge is 0.355 e. The van der Waals surface area contributed by atoms with E-state index in [0.717, 1.165) is 0 Å². The Labute approximate surface area is 64.4 Å². The normalized spacial score (nSPS) is 14.1. The van der Waals surface area contributed by atoms with Gasteiger partial charge in [0.1, 0.15) is 0 Å². The van der Waals surface area contributed by atoms with Crippen molar-refractivity contribution in [3.63, 3.8) is 0 Å². The molecule has 0 bridgehead atoms. The molecule has 0 amide bonds. The van der Waals surface area contributed by atoms with Crippen LogP contribution in [0.3, 0.4) is 0 Å². The molecule has 0 saturated heterocycles. The van der Waals surface area contributed by atoms with E-state index in [9.17, 15) is 0 Å². The summed E-state index contributed by atoms with van der Waals surface area (Å²) in [6.07, 6.45) is 1.26. The van der Waals surface area contributed by atoms with E-state index in [1.54, 1.807) is 4.90 Å². The smallest absolute Gasteiger partial charge is 0.0869 e. The molecular weight excluding hydrogens is 124 g/mol. The molecule has 0 saturated carbocycles. The second-order valence-corrected chi connectivity index (χ2v) is 3.10. The van der Waals surface area contributed by atoms with E-state index in [-0.39, 0.29) is 0 Å². The average molecular weight is 146 g/mol. The molecule has 0 aliphatic heterocycles. The molecular formula is C8H22N2+2. The quantitative estimate of drug-likeness (QED) is 0.495. The van der Waals surface area contributed by atoms with Crippen molar-refractivity contribution in [3.8, 4) is 0 Å². The van der Waals surface area contributed by atoms with Crippen molar-refractivity contribution < 1.29 is 10.6 Å². The summed E-state index contributed by atoms with van der Waals surface area (Å²) in [6, 6.07) is 0.619. The van der Waals surface area contributed by atoms with Crippen LogP contribution in [0.2, 0.25) is 0 Å². The van der Waals surface area contributed by atoms with Gasteiger partial charge in [0.05, 0.1) is 25.7 Å². The van der Waals surface area contributed by atoms with Crippen LogP contribution in [0, 0.1) is 0 Å². The Bertz CT molecular complexity index is 67.7. The zero-order valence-electron chi connectivity index (χ0n) is 7.61. The summed E-state index contributed by atoms with van der Waals surface area (Å²) in [4.78, 5) is 1.69. The van der Waals surface area contributed by atoms with Gasteiger partial charge in [0.25, 0.3) is 0 Å². The van der Waals surface area contributed by atoms with Gasteiger partial charge in [0, 0.05) is 6.42 Å². The van der Waals surface area contributed by atoms with E-state index < -0.39 is 0 Å². The highest BCUT2D eigenvalue weighted by Gasteiger charge is 2.04. The molecule has 0 heterocycles. The summed E-state index contributed by atoms with van der Waals surface area (Å²) >= 11 is 0. The lowest BCUT2D eigenvalue weighted by molar-refractivity contribution is -0.897. The third-order valence-corrected chi connectivity index (χ3v) is 1.99. The number of nitrogens with one attached hydrogen (secondary N) is 1. The van der Waals surface area contributed by atoms with Crippen molar-refractivity contribution in [2.45, 2.75) is 33.2 Å². The third kappa shape index (κ3) is 4.77. The number of hydrogen-bond acceptors (Lipinski definition) is 0. The average Bonchev–Trinajstić information content (AvgIpc) is 1.90. The van der Waals surface area contributed by atoms with Gasteiger partial charge in [-0.15, -0.1) is 0 Å². The lowest BCUT2D eigenvalue weighted by atomic mass is 10.2. The molecule has 0 rings (SSSR count). The van der Waals surface area contributed by atoms with Crippen LogP contribution in [0.1, 0.15) is 27.2 Å². The third-order valence-electron chi connectivity index (χ3n) is 1.99. The van der Waals surface area contributed by atoms with Gasteiger partial charge < -0.3 is 10.6 Å². The maximum Gasteiger partial charge on any atom is 0.0869 e. The fourth-order valence-corrected chi connectivity index (χ4v) is 1.05. The van der Waals surface area contributed by atoms with Crippen molar-refractivity contribution in [3.05, 3.63) is 0 Å². The van der Waals surface area contributed by atoms with Crippen LogP contribution in [0.5, 0.6) is 0 Å². The van der Waals surface area contributed by atoms with E-state index in [1.165, 1.54) is 26.1 Å². The monoisotopic (exact) mass is 146 g/mol. The molecule has 4 N–H and O–H groups in total. The van der Waals surface area contributed by atoms with Crippen LogP contribution in [-0.4, -0.2) is 25.7 Å². The summed E-state index contributed by atoms with van der Waals surface area (Å²) in [5.74, 6) is 0. The fourth-order valence-electron chi connectivity index (χ4n) is 1.05. The second-order valence-electron chi connectivity index (χ2n) is 3.10. The topological polar surface area (TPSA) is 32.1 Å². The highest BCUT2D eigenvalue weighted by Crippen LogP contribution is 1.75. The number of hydrogen-bond donors (Lipinski definition) is 2. The molecule has 0 radical (unpaired) electrons. The van der Waals surface area contributed by atoms with E-state index in [4.69, 9.17) is 0 Å². The Morgan fingerprint density at radius 2 is 1.80 bits per heavy atom. The summed E-state index contributed by atoms with van der Waals surface area (Å²) in [5, 5.41) is 0. The standard InChI is InChI=1S/C8H20N2/c1-4-10(5-2)7-6-8(3)9/h8H,4-7,9H2,1-3H3/p+2. The van der Waals surface area contributed by atoms with Gasteiger partial charge in [-0.25, -0.2) is 0 Å². The first-order valence-corrected chi connectivity index (χ1v) is 4.37. The van der Waals surface area contributed by atoms with Crippen LogP contribution < -0.4 is 10.6 Å². The van der Waals surface area contributed by atoms with Crippen LogP contribution in [0.25, 0.3) is 0 Å². The van der Waals surface area contributed by atoms with Gasteiger partial charge in [-0.05, 0) is 20.8 Å². The molecule has 1 unspecified atom stereocenters. The first kappa shape index (κ1) is 9.92. The minimum atomic E-state index is 0.619. The van der Waals surface area contributed by atoms with Gasteiger partial charge in [0.15, 0.2) is 0 Å². The van der Waals surface area contributed by atoms with Crippen LogP contribution in [0.15, 0.2) is 0 Å². The maximum atomic E-state index is 3.97. The minimum absolute atomic E-state index is 0.619. The Hall–Kier alpha value is -0.0800. The van der Waals surface area contributed by atoms with Gasteiger partial charge >= 0.3 is 0 Å². The Balaban J connectivity index is 3.26. The lowest BCUT2D eigenvalue weighted by Crippen LogP contribution is -3.11. The molecule has 0 spiro atoms. The zero-order chi connectivity index (χ0) is 7.98. The first-order chi connectivity index (χ1) is 4.70. The molecule has 62 valence electrons. The molecule has 0 aliphatic rings. The maximum absolute atomic E-state index is 3.97.